The number of carbonyl (C=O) groups excluding carboxylic acids is 4. The van der Waals surface area contributed by atoms with Gasteiger partial charge in [-0.25, -0.2) is 4.79 Å². The summed E-state index contributed by atoms with van der Waals surface area (Å²) in [5.41, 5.74) is 3.31. The van der Waals surface area contributed by atoms with Gasteiger partial charge in [-0.3, -0.25) is 19.3 Å². The molecule has 2 fully saturated rings. The van der Waals surface area contributed by atoms with Gasteiger partial charge in [0.15, 0.2) is 17.3 Å². The van der Waals surface area contributed by atoms with Crippen LogP contribution in [0.15, 0.2) is 42.5 Å². The van der Waals surface area contributed by atoms with Crippen LogP contribution in [0.4, 0.5) is 0 Å². The highest BCUT2D eigenvalue weighted by Crippen LogP contribution is 2.40. The van der Waals surface area contributed by atoms with Gasteiger partial charge in [0, 0.05) is 24.4 Å². The van der Waals surface area contributed by atoms with Crippen molar-refractivity contribution < 1.29 is 38.1 Å². The minimum absolute atomic E-state index is 0. The van der Waals surface area contributed by atoms with E-state index in [2.05, 4.69) is 54.4 Å². The predicted molar refractivity (Wildman–Crippen MR) is 258 cm³/mol. The highest BCUT2D eigenvalue weighted by Gasteiger charge is 2.43. The number of nitrogens with one attached hydrogen (secondary N) is 1. The lowest BCUT2D eigenvalue weighted by atomic mass is 9.85. The van der Waals surface area contributed by atoms with Crippen molar-refractivity contribution in [1.29, 1.82) is 0 Å². The summed E-state index contributed by atoms with van der Waals surface area (Å²) in [6.45, 7) is 11.7. The maximum atomic E-state index is 12.9. The normalized spacial score (nSPS) is 19.3. The average Bonchev–Trinajstić information content (AvgIpc) is 3.58. The lowest BCUT2D eigenvalue weighted by molar-refractivity contribution is -0.190. The Balaban J connectivity index is 0.000000341. The summed E-state index contributed by atoms with van der Waals surface area (Å²) in [6, 6.07) is 13.9. The fraction of sp³-hybridized carbons (Fsp3) is 0.698. The van der Waals surface area contributed by atoms with Crippen LogP contribution in [-0.4, -0.2) is 74.6 Å². The van der Waals surface area contributed by atoms with Gasteiger partial charge in [0.25, 0.3) is 0 Å². The first-order valence-corrected chi connectivity index (χ1v) is 24.8. The molecule has 1 amide bonds. The Labute approximate surface area is 392 Å². The SMILES string of the molecule is CCCCCCCCCCC[C@@H](C[C@@H]1OC(=O)[C@H]1CCCCCC)OC(=O)[C@H](CC(C)C)NC=O.COc1cc2c(cc1OC)C(=O)C(CC1CCN(Cc3ccccc3)CC1)C2.Cl. The number of methoxy groups -OCH3 is 2. The molecule has 0 radical (unpaired) electrons. The van der Waals surface area contributed by atoms with Gasteiger partial charge in [-0.1, -0.05) is 135 Å². The van der Waals surface area contributed by atoms with Gasteiger partial charge in [-0.2, -0.15) is 0 Å². The van der Waals surface area contributed by atoms with Gasteiger partial charge in [0.2, 0.25) is 6.41 Å². The molecule has 0 bridgehead atoms. The van der Waals surface area contributed by atoms with Crippen LogP contribution in [0.25, 0.3) is 0 Å². The van der Waals surface area contributed by atoms with Gasteiger partial charge >= 0.3 is 11.9 Å². The summed E-state index contributed by atoms with van der Waals surface area (Å²) in [6.07, 6.45) is 22.7. The monoisotopic (exact) mass is 911 g/mol. The van der Waals surface area contributed by atoms with E-state index < -0.39 is 6.04 Å². The van der Waals surface area contributed by atoms with Crippen molar-refractivity contribution in [2.24, 2.45) is 23.7 Å². The number of rotatable bonds is 29. The van der Waals surface area contributed by atoms with Crippen LogP contribution in [0.5, 0.6) is 11.5 Å². The first-order valence-electron chi connectivity index (χ1n) is 24.8. The molecule has 5 rings (SSSR count). The molecule has 2 saturated heterocycles. The van der Waals surface area contributed by atoms with Crippen LogP contribution < -0.4 is 14.8 Å². The van der Waals surface area contributed by atoms with Gasteiger partial charge < -0.3 is 24.3 Å². The number of ketones is 1. The number of piperidine rings is 1. The van der Waals surface area contributed by atoms with Crippen LogP contribution in [0, 0.1) is 23.7 Å². The fourth-order valence-electron chi connectivity index (χ4n) is 9.62. The highest BCUT2D eigenvalue weighted by molar-refractivity contribution is 6.03. The summed E-state index contributed by atoms with van der Waals surface area (Å²) in [5, 5.41) is 2.62. The number of benzene rings is 2. The largest absolute Gasteiger partial charge is 0.493 e. The molecular weight excluding hydrogens is 828 g/mol. The van der Waals surface area contributed by atoms with E-state index in [1.165, 1.54) is 76.2 Å². The van der Waals surface area contributed by atoms with Crippen molar-refractivity contribution in [2.45, 2.75) is 187 Å². The second-order valence-corrected chi connectivity index (χ2v) is 18.9. The molecule has 64 heavy (non-hydrogen) atoms. The standard InChI is InChI=1S/C29H53NO5.C24H29NO3.ClH/c1-5-7-9-11-12-13-14-15-16-18-24(34-29(33)26(30-22-31)20-23(3)4)21-27-25(28(32)35-27)19-17-10-8-6-2;1-27-22-14-19-13-20(24(26)21(19)15-23(22)28-2)12-17-8-10-25(11-9-17)16-18-6-4-3-5-7-18;/h22-27H,5-21H2,1-4H3,(H,30,31);3-7,14-15,17,20H,8-13,16H2,1-2H3;1H/t24-,25-,26-,27-;;/m0../s1. The Morgan fingerprint density at radius 1 is 0.859 bits per heavy atom. The van der Waals surface area contributed by atoms with Crippen molar-refractivity contribution in [1.82, 2.24) is 10.2 Å². The predicted octanol–water partition coefficient (Wildman–Crippen LogP) is 11.7. The molecule has 360 valence electrons. The number of ether oxygens (including phenoxy) is 4. The molecule has 2 heterocycles. The summed E-state index contributed by atoms with van der Waals surface area (Å²) in [4.78, 5) is 51.4. The van der Waals surface area contributed by atoms with E-state index in [0.29, 0.717) is 36.7 Å². The number of amides is 1. The Morgan fingerprint density at radius 3 is 2.06 bits per heavy atom. The molecule has 10 nitrogen and oxygen atoms in total. The van der Waals surface area contributed by atoms with Crippen molar-refractivity contribution in [2.75, 3.05) is 27.3 Å². The molecule has 11 heteroatoms. The molecule has 2 aromatic carbocycles. The summed E-state index contributed by atoms with van der Waals surface area (Å²) in [5.74, 6) is 2.08. The summed E-state index contributed by atoms with van der Waals surface area (Å²) >= 11 is 0. The molecule has 0 saturated carbocycles. The molecular formula is C53H83ClN2O8. The lowest BCUT2D eigenvalue weighted by Gasteiger charge is -2.37. The number of esters is 2. The number of hydrogen-bond donors (Lipinski definition) is 1. The van der Waals surface area contributed by atoms with Gasteiger partial charge in [-0.15, -0.1) is 12.4 Å². The number of cyclic esters (lactones) is 1. The summed E-state index contributed by atoms with van der Waals surface area (Å²) < 4.78 is 22.2. The van der Waals surface area contributed by atoms with Gasteiger partial charge in [0.05, 0.1) is 20.1 Å². The van der Waals surface area contributed by atoms with Crippen molar-refractivity contribution in [3.63, 3.8) is 0 Å². The topological polar surface area (TPSA) is 120 Å². The summed E-state index contributed by atoms with van der Waals surface area (Å²) in [7, 11) is 3.26. The number of unbranched alkanes of at least 4 members (excludes halogenated alkanes) is 11. The Morgan fingerprint density at radius 2 is 1.47 bits per heavy atom. The highest BCUT2D eigenvalue weighted by atomic mass is 35.5. The molecule has 1 aliphatic carbocycles. The molecule has 5 atom stereocenters. The maximum Gasteiger partial charge on any atom is 0.328 e. The van der Waals surface area contributed by atoms with E-state index in [4.69, 9.17) is 18.9 Å². The number of fused-ring (bicyclic) bond motifs is 1. The number of nitrogens with zero attached hydrogens (tertiary/aromatic N) is 1. The van der Waals surface area contributed by atoms with Crippen molar-refractivity contribution in [3.8, 4) is 11.5 Å². The number of likely N-dealkylation sites (tertiary alicyclic amines) is 1. The Hall–Kier alpha value is -3.63. The van der Waals surface area contributed by atoms with Crippen molar-refractivity contribution in [3.05, 3.63) is 59.2 Å². The smallest absolute Gasteiger partial charge is 0.328 e. The average molecular weight is 912 g/mol. The van der Waals surface area contributed by atoms with E-state index in [1.807, 2.05) is 26.0 Å². The van der Waals surface area contributed by atoms with Gasteiger partial charge in [-0.05, 0) is 99.6 Å². The number of hydrogen-bond acceptors (Lipinski definition) is 9. The zero-order valence-electron chi connectivity index (χ0n) is 40.3. The molecule has 2 aliphatic heterocycles. The number of carbonyl (C=O) groups is 4. The third kappa shape index (κ3) is 18.3. The van der Waals surface area contributed by atoms with Crippen LogP contribution >= 0.6 is 12.4 Å². The first-order chi connectivity index (χ1) is 30.6. The van der Waals surface area contributed by atoms with E-state index in [1.54, 1.807) is 14.2 Å². The molecule has 0 spiro atoms. The third-order valence-corrected chi connectivity index (χ3v) is 13.3. The molecule has 0 aromatic heterocycles. The third-order valence-electron chi connectivity index (χ3n) is 13.3. The zero-order valence-corrected chi connectivity index (χ0v) is 41.1. The fourth-order valence-corrected chi connectivity index (χ4v) is 9.62. The van der Waals surface area contributed by atoms with Crippen LogP contribution in [-0.2, 0) is 36.8 Å². The quantitative estimate of drug-likeness (QED) is 0.0483. The number of halogens is 1. The van der Waals surface area contributed by atoms with E-state index >= 15 is 0 Å². The molecule has 2 aromatic rings. The van der Waals surface area contributed by atoms with Crippen LogP contribution in [0.1, 0.15) is 178 Å². The molecule has 1 N–H and O–H groups in total. The molecule has 1 unspecified atom stereocenters. The zero-order chi connectivity index (χ0) is 45.4. The minimum atomic E-state index is -0.632. The Kier molecular flexibility index (Phi) is 26.1. The van der Waals surface area contributed by atoms with Gasteiger partial charge in [0.1, 0.15) is 18.2 Å². The Bertz CT molecular complexity index is 1650. The van der Waals surface area contributed by atoms with Crippen molar-refractivity contribution >= 4 is 36.5 Å². The van der Waals surface area contributed by atoms with Crippen LogP contribution in [0.3, 0.4) is 0 Å². The molecule has 3 aliphatic rings. The minimum Gasteiger partial charge on any atom is -0.493 e. The second-order valence-electron chi connectivity index (χ2n) is 18.9. The number of Topliss-reactive ketones (excluding diaryl/α,β-unsaturated/α-hetero) is 1. The second kappa shape index (κ2) is 30.6. The first kappa shape index (κ1) is 54.7. The van der Waals surface area contributed by atoms with E-state index in [9.17, 15) is 19.2 Å². The van der Waals surface area contributed by atoms with E-state index in [-0.39, 0.29) is 60.1 Å². The maximum absolute atomic E-state index is 12.9. The van der Waals surface area contributed by atoms with Crippen LogP contribution in [0.2, 0.25) is 0 Å². The lowest BCUT2D eigenvalue weighted by Crippen LogP contribution is -2.48. The van der Waals surface area contributed by atoms with E-state index in [0.717, 1.165) is 82.1 Å².